The van der Waals surface area contributed by atoms with Gasteiger partial charge in [-0.1, -0.05) is 6.07 Å². The van der Waals surface area contributed by atoms with Gasteiger partial charge in [-0.15, -0.1) is 11.3 Å². The molecule has 0 bridgehead atoms. The van der Waals surface area contributed by atoms with E-state index < -0.39 is 6.10 Å². The monoisotopic (exact) mass is 247 g/mol. The summed E-state index contributed by atoms with van der Waals surface area (Å²) in [5.41, 5.74) is 2.79. The second kappa shape index (κ2) is 4.13. The summed E-state index contributed by atoms with van der Waals surface area (Å²) in [6.45, 7) is 2.68. The molecule has 3 rings (SSSR count). The SMILES string of the molecule is Cc1nc(C(O)c2ccc3c(c2)CCO3)cs1. The molecule has 17 heavy (non-hydrogen) atoms. The zero-order valence-corrected chi connectivity index (χ0v) is 10.3. The Morgan fingerprint density at radius 3 is 3.12 bits per heavy atom. The summed E-state index contributed by atoms with van der Waals surface area (Å²) in [4.78, 5) is 4.32. The third-order valence-electron chi connectivity index (χ3n) is 2.95. The largest absolute Gasteiger partial charge is 0.493 e. The first kappa shape index (κ1) is 10.7. The number of fused-ring (bicyclic) bond motifs is 1. The van der Waals surface area contributed by atoms with Crippen molar-refractivity contribution in [3.63, 3.8) is 0 Å². The third kappa shape index (κ3) is 1.94. The molecule has 3 nitrogen and oxygen atoms in total. The first-order valence-corrected chi connectivity index (χ1v) is 6.48. The van der Waals surface area contributed by atoms with Gasteiger partial charge >= 0.3 is 0 Å². The number of rotatable bonds is 2. The smallest absolute Gasteiger partial charge is 0.122 e. The van der Waals surface area contributed by atoms with E-state index in [4.69, 9.17) is 4.74 Å². The number of aryl methyl sites for hydroxylation is 1. The fraction of sp³-hybridized carbons (Fsp3) is 0.308. The zero-order valence-electron chi connectivity index (χ0n) is 9.51. The molecule has 1 aliphatic heterocycles. The lowest BCUT2D eigenvalue weighted by atomic mass is 10.0. The lowest BCUT2D eigenvalue weighted by Crippen LogP contribution is -2.00. The van der Waals surface area contributed by atoms with E-state index in [9.17, 15) is 5.11 Å². The van der Waals surface area contributed by atoms with Crippen LogP contribution in [0.15, 0.2) is 23.6 Å². The predicted octanol–water partition coefficient (Wildman–Crippen LogP) is 2.47. The summed E-state index contributed by atoms with van der Waals surface area (Å²) in [6, 6.07) is 5.85. The number of hydrogen-bond acceptors (Lipinski definition) is 4. The Morgan fingerprint density at radius 1 is 1.47 bits per heavy atom. The highest BCUT2D eigenvalue weighted by molar-refractivity contribution is 7.09. The van der Waals surface area contributed by atoms with Crippen LogP contribution in [-0.2, 0) is 6.42 Å². The van der Waals surface area contributed by atoms with E-state index in [1.807, 2.05) is 30.5 Å². The molecule has 2 heterocycles. The van der Waals surface area contributed by atoms with Crippen LogP contribution in [0.1, 0.15) is 27.9 Å². The maximum atomic E-state index is 10.2. The molecule has 0 aliphatic carbocycles. The number of ether oxygens (including phenoxy) is 1. The van der Waals surface area contributed by atoms with E-state index in [-0.39, 0.29) is 0 Å². The van der Waals surface area contributed by atoms with Crippen LogP contribution in [0, 0.1) is 6.92 Å². The van der Waals surface area contributed by atoms with Gasteiger partial charge in [0.1, 0.15) is 11.9 Å². The first-order chi connectivity index (χ1) is 8.24. The molecule has 0 saturated carbocycles. The molecule has 1 N–H and O–H groups in total. The fourth-order valence-electron chi connectivity index (χ4n) is 2.05. The first-order valence-electron chi connectivity index (χ1n) is 5.60. The minimum atomic E-state index is -0.633. The number of benzene rings is 1. The van der Waals surface area contributed by atoms with E-state index >= 15 is 0 Å². The maximum Gasteiger partial charge on any atom is 0.122 e. The minimum Gasteiger partial charge on any atom is -0.493 e. The predicted molar refractivity (Wildman–Crippen MR) is 66.6 cm³/mol. The quantitative estimate of drug-likeness (QED) is 0.886. The lowest BCUT2D eigenvalue weighted by Gasteiger charge is -2.09. The second-order valence-corrected chi connectivity index (χ2v) is 5.22. The van der Waals surface area contributed by atoms with Crippen molar-refractivity contribution in [1.82, 2.24) is 4.98 Å². The Labute approximate surface area is 104 Å². The van der Waals surface area contributed by atoms with E-state index in [0.717, 1.165) is 35.0 Å². The number of thiazole rings is 1. The molecule has 1 unspecified atom stereocenters. The summed E-state index contributed by atoms with van der Waals surface area (Å²) in [6.07, 6.45) is 0.289. The van der Waals surface area contributed by atoms with Crippen LogP contribution < -0.4 is 4.74 Å². The van der Waals surface area contributed by atoms with Crippen molar-refractivity contribution in [3.8, 4) is 5.75 Å². The zero-order chi connectivity index (χ0) is 11.8. The van der Waals surface area contributed by atoms with Gasteiger partial charge in [0, 0.05) is 11.8 Å². The minimum absolute atomic E-state index is 0.633. The van der Waals surface area contributed by atoms with Gasteiger partial charge in [-0.2, -0.15) is 0 Å². The van der Waals surface area contributed by atoms with Crippen molar-refractivity contribution >= 4 is 11.3 Å². The van der Waals surface area contributed by atoms with E-state index in [1.165, 1.54) is 5.56 Å². The van der Waals surface area contributed by atoms with Gasteiger partial charge in [-0.3, -0.25) is 0 Å². The molecule has 0 saturated heterocycles. The van der Waals surface area contributed by atoms with Crippen LogP contribution >= 0.6 is 11.3 Å². The molecule has 0 fully saturated rings. The Kier molecular flexibility index (Phi) is 2.61. The average Bonchev–Trinajstić information content (AvgIpc) is 2.95. The maximum absolute atomic E-state index is 10.2. The highest BCUT2D eigenvalue weighted by Gasteiger charge is 2.18. The van der Waals surface area contributed by atoms with Crippen LogP contribution in [0.3, 0.4) is 0 Å². The Balaban J connectivity index is 1.94. The number of nitrogens with zero attached hydrogens (tertiary/aromatic N) is 1. The molecule has 4 heteroatoms. The molecular weight excluding hydrogens is 234 g/mol. The van der Waals surface area contributed by atoms with Gasteiger partial charge < -0.3 is 9.84 Å². The van der Waals surface area contributed by atoms with Gasteiger partial charge in [0.25, 0.3) is 0 Å². The summed E-state index contributed by atoms with van der Waals surface area (Å²) < 4.78 is 5.45. The molecule has 2 aromatic rings. The van der Waals surface area contributed by atoms with Crippen molar-refractivity contribution in [2.24, 2.45) is 0 Å². The standard InChI is InChI=1S/C13H13NO2S/c1-8-14-11(7-17-8)13(15)10-2-3-12-9(6-10)4-5-16-12/h2-3,6-7,13,15H,4-5H2,1H3. The van der Waals surface area contributed by atoms with Gasteiger partial charge in [-0.05, 0) is 30.2 Å². The molecule has 0 amide bonds. The number of aliphatic hydroxyl groups excluding tert-OH is 1. The molecule has 1 aromatic heterocycles. The molecule has 1 aliphatic rings. The molecule has 88 valence electrons. The fourth-order valence-corrected chi connectivity index (χ4v) is 2.68. The highest BCUT2D eigenvalue weighted by atomic mass is 32.1. The Hall–Kier alpha value is -1.39. The van der Waals surface area contributed by atoms with Gasteiger partial charge in [0.15, 0.2) is 0 Å². The van der Waals surface area contributed by atoms with Gasteiger partial charge in [-0.25, -0.2) is 4.98 Å². The van der Waals surface area contributed by atoms with Crippen molar-refractivity contribution in [3.05, 3.63) is 45.4 Å². The van der Waals surface area contributed by atoms with E-state index in [1.54, 1.807) is 11.3 Å². The molecule has 1 atom stereocenters. The number of hydrogen-bond donors (Lipinski definition) is 1. The molecule has 0 spiro atoms. The van der Waals surface area contributed by atoms with Gasteiger partial charge in [0.2, 0.25) is 0 Å². The van der Waals surface area contributed by atoms with Crippen LogP contribution in [0.2, 0.25) is 0 Å². The molecule has 0 radical (unpaired) electrons. The van der Waals surface area contributed by atoms with Crippen molar-refractivity contribution < 1.29 is 9.84 Å². The average molecular weight is 247 g/mol. The van der Waals surface area contributed by atoms with Crippen LogP contribution in [0.25, 0.3) is 0 Å². The van der Waals surface area contributed by atoms with E-state index in [2.05, 4.69) is 4.98 Å². The van der Waals surface area contributed by atoms with Crippen molar-refractivity contribution in [2.45, 2.75) is 19.4 Å². The van der Waals surface area contributed by atoms with Crippen LogP contribution in [-0.4, -0.2) is 16.7 Å². The second-order valence-electron chi connectivity index (χ2n) is 4.16. The van der Waals surface area contributed by atoms with Crippen molar-refractivity contribution in [2.75, 3.05) is 6.61 Å². The van der Waals surface area contributed by atoms with E-state index in [0.29, 0.717) is 0 Å². The summed E-state index contributed by atoms with van der Waals surface area (Å²) >= 11 is 1.56. The Morgan fingerprint density at radius 2 is 2.35 bits per heavy atom. The van der Waals surface area contributed by atoms with Crippen LogP contribution in [0.5, 0.6) is 5.75 Å². The topological polar surface area (TPSA) is 42.4 Å². The number of aromatic nitrogens is 1. The highest BCUT2D eigenvalue weighted by Crippen LogP contribution is 2.30. The molecular formula is C13H13NO2S. The summed E-state index contributed by atoms with van der Waals surface area (Å²) in [7, 11) is 0. The molecule has 1 aromatic carbocycles. The lowest BCUT2D eigenvalue weighted by molar-refractivity contribution is 0.216. The third-order valence-corrected chi connectivity index (χ3v) is 3.74. The number of aliphatic hydroxyl groups is 1. The van der Waals surface area contributed by atoms with Crippen LogP contribution in [0.4, 0.5) is 0 Å². The van der Waals surface area contributed by atoms with Crippen molar-refractivity contribution in [1.29, 1.82) is 0 Å². The Bertz CT molecular complexity index is 550. The summed E-state index contributed by atoms with van der Waals surface area (Å²) in [5, 5.41) is 13.1. The van der Waals surface area contributed by atoms with Gasteiger partial charge in [0.05, 0.1) is 17.3 Å². The summed E-state index contributed by atoms with van der Waals surface area (Å²) in [5.74, 6) is 0.940. The normalized spacial score (nSPS) is 15.4.